The minimum atomic E-state index is -0.459. The van der Waals surface area contributed by atoms with E-state index in [0.717, 1.165) is 6.07 Å². The van der Waals surface area contributed by atoms with Gasteiger partial charge in [-0.15, -0.1) is 0 Å². The van der Waals surface area contributed by atoms with Gasteiger partial charge >= 0.3 is 0 Å². The fourth-order valence-electron chi connectivity index (χ4n) is 2.35. The van der Waals surface area contributed by atoms with Crippen molar-refractivity contribution in [1.29, 1.82) is 0 Å². The molecule has 0 aliphatic rings. The summed E-state index contributed by atoms with van der Waals surface area (Å²) in [6, 6.07) is 5.93. The van der Waals surface area contributed by atoms with Crippen molar-refractivity contribution in [3.05, 3.63) is 34.5 Å². The standard InChI is InChI=1S/C15H12O6/c1-19-9-4-3-5-10-12(9)13(18)11-7(16)6-8(17)14(20-2)15(11)21-10/h3-6,16-17H,1-2H3. The number of phenols is 2. The van der Waals surface area contributed by atoms with Gasteiger partial charge in [0.1, 0.15) is 27.9 Å². The molecule has 1 heterocycles. The lowest BCUT2D eigenvalue weighted by Gasteiger charge is -2.10. The molecule has 0 aliphatic carbocycles. The first kappa shape index (κ1) is 13.1. The Labute approximate surface area is 118 Å². The van der Waals surface area contributed by atoms with Gasteiger partial charge in [-0.3, -0.25) is 4.79 Å². The number of hydrogen-bond donors (Lipinski definition) is 2. The van der Waals surface area contributed by atoms with E-state index in [1.54, 1.807) is 18.2 Å². The van der Waals surface area contributed by atoms with Crippen LogP contribution in [0, 0.1) is 0 Å². The minimum Gasteiger partial charge on any atom is -0.507 e. The Bertz CT molecular complexity index is 910. The SMILES string of the molecule is COc1c(O)cc(O)c2c(=O)c3c(OC)cccc3oc12. The van der Waals surface area contributed by atoms with Crippen LogP contribution in [-0.2, 0) is 0 Å². The number of hydrogen-bond acceptors (Lipinski definition) is 6. The number of aromatic hydroxyl groups is 2. The molecular weight excluding hydrogens is 276 g/mol. The molecule has 2 aromatic carbocycles. The molecule has 6 nitrogen and oxygen atoms in total. The van der Waals surface area contributed by atoms with E-state index in [-0.39, 0.29) is 39.2 Å². The van der Waals surface area contributed by atoms with Gasteiger partial charge in [0.15, 0.2) is 11.3 Å². The molecule has 0 radical (unpaired) electrons. The highest BCUT2D eigenvalue weighted by Crippen LogP contribution is 2.40. The van der Waals surface area contributed by atoms with Gasteiger partial charge in [-0.25, -0.2) is 0 Å². The van der Waals surface area contributed by atoms with Crippen molar-refractivity contribution in [3.63, 3.8) is 0 Å². The number of fused-ring (bicyclic) bond motifs is 2. The highest BCUT2D eigenvalue weighted by molar-refractivity contribution is 5.99. The van der Waals surface area contributed by atoms with Crippen molar-refractivity contribution in [3.8, 4) is 23.0 Å². The van der Waals surface area contributed by atoms with E-state index < -0.39 is 5.43 Å². The van der Waals surface area contributed by atoms with Crippen molar-refractivity contribution in [2.75, 3.05) is 14.2 Å². The average Bonchev–Trinajstić information content (AvgIpc) is 2.46. The molecule has 108 valence electrons. The van der Waals surface area contributed by atoms with Gasteiger partial charge in [-0.05, 0) is 12.1 Å². The Morgan fingerprint density at radius 1 is 1.05 bits per heavy atom. The molecule has 0 amide bonds. The third-order valence-electron chi connectivity index (χ3n) is 3.27. The van der Waals surface area contributed by atoms with E-state index >= 15 is 0 Å². The van der Waals surface area contributed by atoms with Crippen LogP contribution in [0.25, 0.3) is 21.9 Å². The average molecular weight is 288 g/mol. The topological polar surface area (TPSA) is 89.1 Å². The van der Waals surface area contributed by atoms with Crippen LogP contribution in [-0.4, -0.2) is 24.4 Å². The lowest BCUT2D eigenvalue weighted by molar-refractivity contribution is 0.368. The van der Waals surface area contributed by atoms with E-state index in [1.807, 2.05) is 0 Å². The number of benzene rings is 2. The van der Waals surface area contributed by atoms with Gasteiger partial charge < -0.3 is 24.1 Å². The Kier molecular flexibility index (Phi) is 2.86. The van der Waals surface area contributed by atoms with Crippen LogP contribution in [0.2, 0.25) is 0 Å². The molecule has 2 N–H and O–H groups in total. The van der Waals surface area contributed by atoms with Gasteiger partial charge in [-0.2, -0.15) is 0 Å². The second-order valence-corrected chi connectivity index (χ2v) is 4.42. The van der Waals surface area contributed by atoms with Gasteiger partial charge in [0, 0.05) is 6.07 Å². The fourth-order valence-corrected chi connectivity index (χ4v) is 2.35. The van der Waals surface area contributed by atoms with E-state index in [1.165, 1.54) is 14.2 Å². The molecule has 3 rings (SSSR count). The molecular formula is C15H12O6. The number of rotatable bonds is 2. The lowest BCUT2D eigenvalue weighted by atomic mass is 10.1. The summed E-state index contributed by atoms with van der Waals surface area (Å²) in [6.45, 7) is 0. The molecule has 3 aromatic rings. The van der Waals surface area contributed by atoms with Crippen LogP contribution >= 0.6 is 0 Å². The molecule has 0 atom stereocenters. The summed E-state index contributed by atoms with van der Waals surface area (Å²) in [7, 11) is 2.77. The summed E-state index contributed by atoms with van der Waals surface area (Å²) in [5.74, 6) is -0.364. The molecule has 21 heavy (non-hydrogen) atoms. The second-order valence-electron chi connectivity index (χ2n) is 4.42. The number of methoxy groups -OCH3 is 2. The summed E-state index contributed by atoms with van der Waals surface area (Å²) in [4.78, 5) is 12.6. The molecule has 0 saturated carbocycles. The zero-order valence-electron chi connectivity index (χ0n) is 11.3. The normalized spacial score (nSPS) is 11.0. The molecule has 0 spiro atoms. The zero-order chi connectivity index (χ0) is 15.1. The minimum absolute atomic E-state index is 0.00961. The van der Waals surface area contributed by atoms with Crippen LogP contribution < -0.4 is 14.9 Å². The molecule has 0 bridgehead atoms. The summed E-state index contributed by atoms with van der Waals surface area (Å²) >= 11 is 0. The van der Waals surface area contributed by atoms with Crippen molar-refractivity contribution in [2.24, 2.45) is 0 Å². The first-order valence-corrected chi connectivity index (χ1v) is 6.11. The van der Waals surface area contributed by atoms with E-state index in [4.69, 9.17) is 13.9 Å². The predicted octanol–water partition coefficient (Wildman–Crippen LogP) is 2.37. The van der Waals surface area contributed by atoms with E-state index in [0.29, 0.717) is 5.75 Å². The number of phenolic OH excluding ortho intramolecular Hbond substituents is 2. The van der Waals surface area contributed by atoms with Crippen molar-refractivity contribution >= 4 is 21.9 Å². The summed E-state index contributed by atoms with van der Waals surface area (Å²) < 4.78 is 15.8. The Morgan fingerprint density at radius 2 is 1.81 bits per heavy atom. The summed E-state index contributed by atoms with van der Waals surface area (Å²) in [5, 5.41) is 19.9. The zero-order valence-corrected chi connectivity index (χ0v) is 11.3. The largest absolute Gasteiger partial charge is 0.507 e. The first-order valence-electron chi connectivity index (χ1n) is 6.11. The van der Waals surface area contributed by atoms with Crippen molar-refractivity contribution < 1.29 is 24.1 Å². The van der Waals surface area contributed by atoms with Crippen LogP contribution in [0.5, 0.6) is 23.0 Å². The maximum Gasteiger partial charge on any atom is 0.208 e. The van der Waals surface area contributed by atoms with E-state index in [9.17, 15) is 15.0 Å². The smallest absolute Gasteiger partial charge is 0.208 e. The maximum absolute atomic E-state index is 12.6. The van der Waals surface area contributed by atoms with Crippen molar-refractivity contribution in [1.82, 2.24) is 0 Å². The highest BCUT2D eigenvalue weighted by atomic mass is 16.5. The summed E-state index contributed by atoms with van der Waals surface area (Å²) in [5.41, 5.74) is -0.199. The Balaban J connectivity index is 2.63. The van der Waals surface area contributed by atoms with Crippen LogP contribution in [0.15, 0.2) is 33.5 Å². The molecule has 0 saturated heterocycles. The quantitative estimate of drug-likeness (QED) is 0.704. The van der Waals surface area contributed by atoms with Gasteiger partial charge in [0.25, 0.3) is 0 Å². The maximum atomic E-state index is 12.6. The van der Waals surface area contributed by atoms with Crippen molar-refractivity contribution in [2.45, 2.75) is 0 Å². The fraction of sp³-hybridized carbons (Fsp3) is 0.133. The van der Waals surface area contributed by atoms with Gasteiger partial charge in [-0.1, -0.05) is 6.07 Å². The molecule has 0 fully saturated rings. The highest BCUT2D eigenvalue weighted by Gasteiger charge is 2.20. The first-order chi connectivity index (χ1) is 10.1. The number of ether oxygens (including phenoxy) is 2. The summed E-state index contributed by atoms with van der Waals surface area (Å²) in [6.07, 6.45) is 0. The van der Waals surface area contributed by atoms with Crippen LogP contribution in [0.4, 0.5) is 0 Å². The van der Waals surface area contributed by atoms with Crippen LogP contribution in [0.1, 0.15) is 0 Å². The third kappa shape index (κ3) is 1.76. The molecule has 0 aliphatic heterocycles. The second kappa shape index (κ2) is 4.59. The predicted molar refractivity (Wildman–Crippen MR) is 76.4 cm³/mol. The lowest BCUT2D eigenvalue weighted by Crippen LogP contribution is -2.05. The monoisotopic (exact) mass is 288 g/mol. The van der Waals surface area contributed by atoms with Crippen LogP contribution in [0.3, 0.4) is 0 Å². The molecule has 6 heteroatoms. The molecule has 1 aromatic heterocycles. The van der Waals surface area contributed by atoms with E-state index in [2.05, 4.69) is 0 Å². The molecule has 0 unspecified atom stereocenters. The Morgan fingerprint density at radius 3 is 2.48 bits per heavy atom. The third-order valence-corrected chi connectivity index (χ3v) is 3.27. The van der Waals surface area contributed by atoms with Gasteiger partial charge in [0.2, 0.25) is 11.2 Å². The van der Waals surface area contributed by atoms with Gasteiger partial charge in [0.05, 0.1) is 14.2 Å². The Hall–Kier alpha value is -2.89.